The molecule has 0 amide bonds. The largest absolute Gasteiger partial charge is 0.481 e. The molecule has 1 unspecified atom stereocenters. The predicted molar refractivity (Wildman–Crippen MR) is 71.8 cm³/mol. The number of carbonyl (C=O) groups is 1. The van der Waals surface area contributed by atoms with Crippen molar-refractivity contribution in [2.24, 2.45) is 0 Å². The number of hydrogen-bond donors (Lipinski definition) is 1. The SMILES string of the molecule is CSc1ccc(C(CC(=O)O)CN(C)C)cc1. The van der Waals surface area contributed by atoms with E-state index in [4.69, 9.17) is 5.11 Å². The third kappa shape index (κ3) is 4.79. The van der Waals surface area contributed by atoms with Crippen LogP contribution in [0.3, 0.4) is 0 Å². The van der Waals surface area contributed by atoms with Gasteiger partial charge < -0.3 is 10.0 Å². The molecule has 0 aromatic heterocycles. The number of hydrogen-bond acceptors (Lipinski definition) is 3. The van der Waals surface area contributed by atoms with Crippen LogP contribution in [0.4, 0.5) is 0 Å². The first-order chi connectivity index (χ1) is 8.02. The third-order valence-corrected chi connectivity index (χ3v) is 3.34. The Balaban J connectivity index is 2.83. The van der Waals surface area contributed by atoms with Gasteiger partial charge in [-0.1, -0.05) is 12.1 Å². The van der Waals surface area contributed by atoms with E-state index in [1.165, 1.54) is 4.90 Å². The monoisotopic (exact) mass is 253 g/mol. The summed E-state index contributed by atoms with van der Waals surface area (Å²) in [4.78, 5) is 14.1. The Morgan fingerprint density at radius 2 is 1.94 bits per heavy atom. The molecule has 1 N–H and O–H groups in total. The van der Waals surface area contributed by atoms with Gasteiger partial charge in [0.25, 0.3) is 0 Å². The van der Waals surface area contributed by atoms with Crippen LogP contribution in [0.25, 0.3) is 0 Å². The lowest BCUT2D eigenvalue weighted by Gasteiger charge is -2.20. The molecule has 0 saturated heterocycles. The van der Waals surface area contributed by atoms with E-state index in [0.717, 1.165) is 12.1 Å². The van der Waals surface area contributed by atoms with Crippen molar-refractivity contribution in [2.75, 3.05) is 26.9 Å². The summed E-state index contributed by atoms with van der Waals surface area (Å²) in [5, 5.41) is 8.94. The molecule has 0 aliphatic carbocycles. The van der Waals surface area contributed by atoms with Crippen LogP contribution in [0.5, 0.6) is 0 Å². The van der Waals surface area contributed by atoms with Gasteiger partial charge >= 0.3 is 5.97 Å². The molecule has 1 rings (SSSR count). The summed E-state index contributed by atoms with van der Waals surface area (Å²) < 4.78 is 0. The number of carboxylic acid groups (broad SMARTS) is 1. The Morgan fingerprint density at radius 3 is 2.35 bits per heavy atom. The molecule has 0 spiro atoms. The fourth-order valence-electron chi connectivity index (χ4n) is 1.82. The molecular weight excluding hydrogens is 234 g/mol. The van der Waals surface area contributed by atoms with Gasteiger partial charge in [-0.2, -0.15) is 0 Å². The molecular formula is C13H19NO2S. The lowest BCUT2D eigenvalue weighted by Crippen LogP contribution is -2.22. The van der Waals surface area contributed by atoms with Crippen molar-refractivity contribution in [3.05, 3.63) is 29.8 Å². The summed E-state index contributed by atoms with van der Waals surface area (Å²) in [5.41, 5.74) is 1.10. The minimum absolute atomic E-state index is 0.0541. The average Bonchev–Trinajstić information content (AvgIpc) is 2.27. The molecule has 4 heteroatoms. The van der Waals surface area contributed by atoms with Gasteiger partial charge in [-0.3, -0.25) is 4.79 Å². The zero-order valence-corrected chi connectivity index (χ0v) is 11.3. The molecule has 1 aromatic carbocycles. The minimum Gasteiger partial charge on any atom is -0.481 e. The molecule has 0 saturated carbocycles. The van der Waals surface area contributed by atoms with Crippen molar-refractivity contribution < 1.29 is 9.90 Å². The highest BCUT2D eigenvalue weighted by atomic mass is 32.2. The molecule has 0 radical (unpaired) electrons. The average molecular weight is 253 g/mol. The van der Waals surface area contributed by atoms with Gasteiger partial charge in [-0.25, -0.2) is 0 Å². The number of likely N-dealkylation sites (N-methyl/N-ethyl adjacent to an activating group) is 1. The van der Waals surface area contributed by atoms with Crippen LogP contribution in [-0.4, -0.2) is 42.9 Å². The van der Waals surface area contributed by atoms with Crippen molar-refractivity contribution in [1.82, 2.24) is 4.90 Å². The van der Waals surface area contributed by atoms with E-state index in [2.05, 4.69) is 0 Å². The summed E-state index contributed by atoms with van der Waals surface area (Å²) >= 11 is 1.69. The van der Waals surface area contributed by atoms with E-state index >= 15 is 0 Å². The van der Waals surface area contributed by atoms with Crippen LogP contribution in [0.15, 0.2) is 29.2 Å². The maximum atomic E-state index is 10.9. The molecule has 0 aliphatic heterocycles. The summed E-state index contributed by atoms with van der Waals surface area (Å²) in [6, 6.07) is 8.15. The van der Waals surface area contributed by atoms with Crippen molar-refractivity contribution >= 4 is 17.7 Å². The van der Waals surface area contributed by atoms with Gasteiger partial charge in [0.1, 0.15) is 0 Å². The fourth-order valence-corrected chi connectivity index (χ4v) is 2.22. The second-order valence-electron chi connectivity index (χ2n) is 4.33. The van der Waals surface area contributed by atoms with Crippen LogP contribution >= 0.6 is 11.8 Å². The highest BCUT2D eigenvalue weighted by molar-refractivity contribution is 7.98. The van der Waals surface area contributed by atoms with Gasteiger partial charge in [-0.15, -0.1) is 11.8 Å². The molecule has 17 heavy (non-hydrogen) atoms. The van der Waals surface area contributed by atoms with Gasteiger partial charge in [0, 0.05) is 17.4 Å². The van der Waals surface area contributed by atoms with E-state index in [1.807, 2.05) is 49.5 Å². The zero-order valence-electron chi connectivity index (χ0n) is 10.5. The van der Waals surface area contributed by atoms with E-state index in [1.54, 1.807) is 11.8 Å². The quantitative estimate of drug-likeness (QED) is 0.791. The standard InChI is InChI=1S/C13H19NO2S/c1-14(2)9-11(8-13(15)16)10-4-6-12(17-3)7-5-10/h4-7,11H,8-9H2,1-3H3,(H,15,16). The Labute approximate surface area is 107 Å². The van der Waals surface area contributed by atoms with E-state index in [9.17, 15) is 4.79 Å². The number of thioether (sulfide) groups is 1. The van der Waals surface area contributed by atoms with Gasteiger partial charge in [0.2, 0.25) is 0 Å². The Morgan fingerprint density at radius 1 is 1.35 bits per heavy atom. The molecule has 1 aromatic rings. The van der Waals surface area contributed by atoms with Crippen molar-refractivity contribution in [1.29, 1.82) is 0 Å². The van der Waals surface area contributed by atoms with Gasteiger partial charge in [0.05, 0.1) is 6.42 Å². The third-order valence-electron chi connectivity index (χ3n) is 2.59. The van der Waals surface area contributed by atoms with Crippen molar-refractivity contribution in [3.8, 4) is 0 Å². The number of rotatable bonds is 6. The summed E-state index contributed by atoms with van der Waals surface area (Å²) in [6.45, 7) is 0.755. The second kappa shape index (κ2) is 6.67. The number of carboxylic acids is 1. The molecule has 0 bridgehead atoms. The lowest BCUT2D eigenvalue weighted by atomic mass is 9.95. The minimum atomic E-state index is -0.745. The van der Waals surface area contributed by atoms with Crippen molar-refractivity contribution in [2.45, 2.75) is 17.2 Å². The van der Waals surface area contributed by atoms with Gasteiger partial charge in [-0.05, 0) is 38.0 Å². The first kappa shape index (κ1) is 14.1. The first-order valence-corrected chi connectivity index (χ1v) is 6.76. The molecule has 3 nitrogen and oxygen atoms in total. The smallest absolute Gasteiger partial charge is 0.304 e. The summed E-state index contributed by atoms with van der Waals surface area (Å²) in [7, 11) is 3.93. The number of benzene rings is 1. The van der Waals surface area contributed by atoms with Crippen LogP contribution in [0.1, 0.15) is 17.9 Å². The fraction of sp³-hybridized carbons (Fsp3) is 0.462. The molecule has 94 valence electrons. The number of nitrogens with zero attached hydrogens (tertiary/aromatic N) is 1. The zero-order chi connectivity index (χ0) is 12.8. The second-order valence-corrected chi connectivity index (χ2v) is 5.21. The summed E-state index contributed by atoms with van der Waals surface area (Å²) in [6.07, 6.45) is 2.21. The topological polar surface area (TPSA) is 40.5 Å². The maximum absolute atomic E-state index is 10.9. The molecule has 0 aliphatic rings. The summed E-state index contributed by atoms with van der Waals surface area (Å²) in [5.74, 6) is -0.691. The lowest BCUT2D eigenvalue weighted by molar-refractivity contribution is -0.137. The first-order valence-electron chi connectivity index (χ1n) is 5.53. The van der Waals surface area contributed by atoms with E-state index < -0.39 is 5.97 Å². The van der Waals surface area contributed by atoms with Gasteiger partial charge in [0.15, 0.2) is 0 Å². The van der Waals surface area contributed by atoms with Crippen LogP contribution in [0, 0.1) is 0 Å². The van der Waals surface area contributed by atoms with Crippen LogP contribution < -0.4 is 0 Å². The Hall–Kier alpha value is -1.00. The molecule has 0 fully saturated rings. The maximum Gasteiger partial charge on any atom is 0.304 e. The highest BCUT2D eigenvalue weighted by Gasteiger charge is 2.16. The highest BCUT2D eigenvalue weighted by Crippen LogP contribution is 2.23. The molecule has 0 heterocycles. The van der Waals surface area contributed by atoms with Crippen LogP contribution in [0.2, 0.25) is 0 Å². The Bertz CT molecular complexity index is 362. The van der Waals surface area contributed by atoms with E-state index in [-0.39, 0.29) is 12.3 Å². The van der Waals surface area contributed by atoms with Crippen LogP contribution in [-0.2, 0) is 4.79 Å². The normalized spacial score (nSPS) is 12.7. The number of aliphatic carboxylic acids is 1. The predicted octanol–water partition coefficient (Wildman–Crippen LogP) is 2.53. The molecule has 1 atom stereocenters. The van der Waals surface area contributed by atoms with E-state index in [0.29, 0.717) is 0 Å². The Kier molecular flexibility index (Phi) is 5.51. The van der Waals surface area contributed by atoms with Crippen molar-refractivity contribution in [3.63, 3.8) is 0 Å².